The van der Waals surface area contributed by atoms with E-state index in [4.69, 9.17) is 4.74 Å². The lowest BCUT2D eigenvalue weighted by atomic mass is 9.98. The molecule has 0 radical (unpaired) electrons. The molecule has 1 N–H and O–H groups in total. The number of nitrogens with zero attached hydrogens (tertiary/aromatic N) is 4. The summed E-state index contributed by atoms with van der Waals surface area (Å²) in [5.41, 5.74) is 0.836. The van der Waals surface area contributed by atoms with Gasteiger partial charge in [-0.3, -0.25) is 4.40 Å². The fourth-order valence-electron chi connectivity index (χ4n) is 3.35. The van der Waals surface area contributed by atoms with Gasteiger partial charge in [-0.25, -0.2) is 4.98 Å². The van der Waals surface area contributed by atoms with E-state index in [-0.39, 0.29) is 0 Å². The first-order valence-corrected chi connectivity index (χ1v) is 8.97. The summed E-state index contributed by atoms with van der Waals surface area (Å²) >= 11 is 0. The van der Waals surface area contributed by atoms with Gasteiger partial charge in [-0.05, 0) is 32.1 Å². The molecule has 0 aromatic carbocycles. The molecule has 124 valence electrons. The van der Waals surface area contributed by atoms with Gasteiger partial charge < -0.3 is 10.1 Å². The maximum absolute atomic E-state index is 5.96. The Balaban J connectivity index is 1.28. The fourth-order valence-corrected chi connectivity index (χ4v) is 3.35. The van der Waals surface area contributed by atoms with Gasteiger partial charge in [0.05, 0.1) is 6.10 Å². The van der Waals surface area contributed by atoms with Crippen LogP contribution in [0.15, 0.2) is 12.4 Å². The van der Waals surface area contributed by atoms with E-state index in [9.17, 15) is 0 Å². The van der Waals surface area contributed by atoms with Crippen molar-refractivity contribution in [3.8, 4) is 0 Å². The lowest BCUT2D eigenvalue weighted by molar-refractivity contribution is 0.0284. The summed E-state index contributed by atoms with van der Waals surface area (Å²) in [4.78, 5) is 4.41. The Morgan fingerprint density at radius 3 is 2.83 bits per heavy atom. The first kappa shape index (κ1) is 14.9. The number of rotatable bonds is 7. The summed E-state index contributed by atoms with van der Waals surface area (Å²) < 4.78 is 8.03. The first-order valence-electron chi connectivity index (χ1n) is 8.97. The number of aromatic nitrogens is 4. The van der Waals surface area contributed by atoms with Crippen molar-refractivity contribution < 1.29 is 4.74 Å². The van der Waals surface area contributed by atoms with E-state index in [0.29, 0.717) is 12.0 Å². The maximum Gasteiger partial charge on any atom is 0.203 e. The van der Waals surface area contributed by atoms with E-state index in [1.54, 1.807) is 0 Å². The summed E-state index contributed by atoms with van der Waals surface area (Å²) in [6.07, 6.45) is 14.2. The van der Waals surface area contributed by atoms with Gasteiger partial charge in [-0.1, -0.05) is 19.3 Å². The number of ether oxygens (including phenoxy) is 1. The molecule has 0 saturated heterocycles. The SMILES string of the molecule is c1cn2c(C3CC3)nnc2c(NCCCOC2CCCCC2)n1. The largest absolute Gasteiger partial charge is 0.378 e. The molecule has 2 aromatic rings. The highest BCUT2D eigenvalue weighted by Crippen LogP contribution is 2.39. The maximum atomic E-state index is 5.96. The predicted octanol–water partition coefficient (Wildman–Crippen LogP) is 3.15. The average molecular weight is 315 g/mol. The quantitative estimate of drug-likeness (QED) is 0.795. The zero-order chi connectivity index (χ0) is 15.5. The van der Waals surface area contributed by atoms with Crippen molar-refractivity contribution in [2.45, 2.75) is 63.4 Å². The van der Waals surface area contributed by atoms with Gasteiger partial charge in [-0.15, -0.1) is 10.2 Å². The minimum Gasteiger partial charge on any atom is -0.378 e. The van der Waals surface area contributed by atoms with Crippen molar-refractivity contribution in [1.29, 1.82) is 0 Å². The standard InChI is InChI=1S/C17H25N5O/c1-2-5-14(6-3-1)23-12-4-9-18-15-17-21-20-16(13-7-8-13)22(17)11-10-19-15/h10-11,13-14H,1-9,12H2,(H,18,19). The van der Waals surface area contributed by atoms with Crippen LogP contribution in [0.1, 0.15) is 63.1 Å². The van der Waals surface area contributed by atoms with E-state index in [2.05, 4.69) is 24.9 Å². The van der Waals surface area contributed by atoms with Crippen molar-refractivity contribution in [2.24, 2.45) is 0 Å². The second-order valence-corrected chi connectivity index (χ2v) is 6.71. The lowest BCUT2D eigenvalue weighted by Gasteiger charge is -2.21. The third-order valence-electron chi connectivity index (χ3n) is 4.82. The summed E-state index contributed by atoms with van der Waals surface area (Å²) in [5.74, 6) is 2.49. The van der Waals surface area contributed by atoms with Gasteiger partial charge >= 0.3 is 0 Å². The number of nitrogens with one attached hydrogen (secondary N) is 1. The smallest absolute Gasteiger partial charge is 0.203 e. The Bertz CT molecular complexity index is 645. The molecular formula is C17H25N5O. The van der Waals surface area contributed by atoms with Crippen molar-refractivity contribution in [2.75, 3.05) is 18.5 Å². The highest BCUT2D eigenvalue weighted by atomic mass is 16.5. The molecule has 4 rings (SSSR count). The van der Waals surface area contributed by atoms with E-state index >= 15 is 0 Å². The normalized spacial score (nSPS) is 19.3. The molecular weight excluding hydrogens is 290 g/mol. The molecule has 6 heteroatoms. The Kier molecular flexibility index (Phi) is 4.41. The average Bonchev–Trinajstić information content (AvgIpc) is 3.34. The van der Waals surface area contributed by atoms with Crippen LogP contribution in [0.25, 0.3) is 5.65 Å². The Morgan fingerprint density at radius 2 is 2.00 bits per heavy atom. The van der Waals surface area contributed by atoms with Crippen LogP contribution in [0, 0.1) is 0 Å². The van der Waals surface area contributed by atoms with Crippen molar-refractivity contribution in [1.82, 2.24) is 19.6 Å². The summed E-state index contributed by atoms with van der Waals surface area (Å²) in [6.45, 7) is 1.67. The molecule has 0 amide bonds. The van der Waals surface area contributed by atoms with Gasteiger partial charge in [0, 0.05) is 31.5 Å². The molecule has 0 aliphatic heterocycles. The molecule has 2 aliphatic rings. The minimum atomic E-state index is 0.489. The topological polar surface area (TPSA) is 64.3 Å². The van der Waals surface area contributed by atoms with Gasteiger partial charge in [0.1, 0.15) is 5.82 Å². The molecule has 0 unspecified atom stereocenters. The first-order chi connectivity index (χ1) is 11.4. The van der Waals surface area contributed by atoms with E-state index in [0.717, 1.165) is 36.9 Å². The Labute approximate surface area is 136 Å². The molecule has 2 aliphatic carbocycles. The minimum absolute atomic E-state index is 0.489. The van der Waals surface area contributed by atoms with Crippen LogP contribution in [0.2, 0.25) is 0 Å². The highest BCUT2D eigenvalue weighted by Gasteiger charge is 2.29. The highest BCUT2D eigenvalue weighted by molar-refractivity contribution is 5.62. The second kappa shape index (κ2) is 6.83. The van der Waals surface area contributed by atoms with Crippen LogP contribution in [-0.2, 0) is 4.74 Å². The van der Waals surface area contributed by atoms with Crippen LogP contribution >= 0.6 is 0 Å². The monoisotopic (exact) mass is 315 g/mol. The van der Waals surface area contributed by atoms with E-state index in [1.807, 2.05) is 12.4 Å². The second-order valence-electron chi connectivity index (χ2n) is 6.71. The molecule has 6 nitrogen and oxygen atoms in total. The van der Waals surface area contributed by atoms with Crippen molar-refractivity contribution in [3.05, 3.63) is 18.2 Å². The molecule has 0 bridgehead atoms. The van der Waals surface area contributed by atoms with Crippen molar-refractivity contribution >= 4 is 11.5 Å². The molecule has 23 heavy (non-hydrogen) atoms. The summed E-state index contributed by atoms with van der Waals surface area (Å²) in [7, 11) is 0. The van der Waals surface area contributed by atoms with Crippen LogP contribution in [-0.4, -0.2) is 38.8 Å². The van der Waals surface area contributed by atoms with Crippen molar-refractivity contribution in [3.63, 3.8) is 0 Å². The van der Waals surface area contributed by atoms with Gasteiger partial charge in [-0.2, -0.15) is 0 Å². The number of hydrogen-bond donors (Lipinski definition) is 1. The third-order valence-corrected chi connectivity index (χ3v) is 4.82. The van der Waals surface area contributed by atoms with Crippen LogP contribution in [0.4, 0.5) is 5.82 Å². The Hall–Kier alpha value is -1.69. The molecule has 2 fully saturated rings. The van der Waals surface area contributed by atoms with Gasteiger partial charge in [0.2, 0.25) is 5.65 Å². The predicted molar refractivity (Wildman–Crippen MR) is 88.7 cm³/mol. The zero-order valence-corrected chi connectivity index (χ0v) is 13.6. The van der Waals surface area contributed by atoms with Gasteiger partial charge in [0.25, 0.3) is 0 Å². The Morgan fingerprint density at radius 1 is 1.13 bits per heavy atom. The number of anilines is 1. The number of fused-ring (bicyclic) bond motifs is 1. The summed E-state index contributed by atoms with van der Waals surface area (Å²) in [6, 6.07) is 0. The molecule has 0 spiro atoms. The molecule has 2 heterocycles. The van der Waals surface area contributed by atoms with Crippen LogP contribution < -0.4 is 5.32 Å². The lowest BCUT2D eigenvalue weighted by Crippen LogP contribution is -2.18. The summed E-state index contributed by atoms with van der Waals surface area (Å²) in [5, 5.41) is 12.0. The molecule has 2 saturated carbocycles. The van der Waals surface area contributed by atoms with E-state index in [1.165, 1.54) is 44.9 Å². The van der Waals surface area contributed by atoms with Gasteiger partial charge in [0.15, 0.2) is 5.82 Å². The fraction of sp³-hybridized carbons (Fsp3) is 0.706. The zero-order valence-electron chi connectivity index (χ0n) is 13.6. The molecule has 2 aromatic heterocycles. The number of hydrogen-bond acceptors (Lipinski definition) is 5. The van der Waals surface area contributed by atoms with E-state index < -0.39 is 0 Å². The molecule has 0 atom stereocenters. The third kappa shape index (κ3) is 3.47. The van der Waals surface area contributed by atoms with Crippen LogP contribution in [0.3, 0.4) is 0 Å². The van der Waals surface area contributed by atoms with Crippen LogP contribution in [0.5, 0.6) is 0 Å².